The van der Waals surface area contributed by atoms with E-state index in [1.165, 1.54) is 37.9 Å². The number of halogens is 1. The Morgan fingerprint density at radius 2 is 2.12 bits per heavy atom. The Bertz CT molecular complexity index is 552. The molecule has 1 aliphatic heterocycles. The Hall–Kier alpha value is -0.500. The van der Waals surface area contributed by atoms with Gasteiger partial charge in [-0.25, -0.2) is 0 Å². The molecule has 0 unspecified atom stereocenters. The van der Waals surface area contributed by atoms with Crippen LogP contribution in [0.2, 0.25) is 0 Å². The van der Waals surface area contributed by atoms with Crippen molar-refractivity contribution < 1.29 is 0 Å². The van der Waals surface area contributed by atoms with Crippen molar-refractivity contribution in [2.75, 3.05) is 25.9 Å². The van der Waals surface area contributed by atoms with Gasteiger partial charge in [0.1, 0.15) is 0 Å². The number of aryl methyl sites for hydroxylation is 1. The Kier molecular flexibility index (Phi) is 7.65. The molecule has 6 heteroatoms. The molecule has 1 aromatic heterocycles. The second-order valence-corrected chi connectivity index (χ2v) is 8.25. The summed E-state index contributed by atoms with van der Waals surface area (Å²) in [6.07, 6.45) is 6.92. The molecule has 1 saturated heterocycles. The number of nitrogens with zero attached hydrogens (tertiary/aromatic N) is 3. The first-order valence-corrected chi connectivity index (χ1v) is 9.71. The largest absolute Gasteiger partial charge is 0.351 e. The number of nitrogens with one attached hydrogen (secondary N) is 1. The summed E-state index contributed by atoms with van der Waals surface area (Å²) in [5.74, 6) is 2.24. The zero-order chi connectivity index (χ0) is 16.1. The lowest BCUT2D eigenvalue weighted by Gasteiger charge is -2.45. The van der Waals surface area contributed by atoms with Crippen LogP contribution >= 0.6 is 35.7 Å². The molecule has 0 atom stereocenters. The van der Waals surface area contributed by atoms with Crippen LogP contribution in [0, 0.1) is 6.92 Å². The first-order chi connectivity index (χ1) is 11.2. The number of hydrogen-bond acceptors (Lipinski definition) is 3. The zero-order valence-electron chi connectivity index (χ0n) is 14.8. The molecule has 1 aliphatic carbocycles. The lowest BCUT2D eigenvalue weighted by atomic mass is 9.87. The van der Waals surface area contributed by atoms with Gasteiger partial charge in [-0.1, -0.05) is 25.3 Å². The summed E-state index contributed by atoms with van der Waals surface area (Å²) in [7, 11) is 1.89. The van der Waals surface area contributed by atoms with Gasteiger partial charge in [-0.3, -0.25) is 9.98 Å². The summed E-state index contributed by atoms with van der Waals surface area (Å²) in [6, 6.07) is 6.17. The van der Waals surface area contributed by atoms with Gasteiger partial charge in [0.15, 0.2) is 5.96 Å². The van der Waals surface area contributed by atoms with E-state index in [0.29, 0.717) is 4.75 Å². The predicted molar refractivity (Wildman–Crippen MR) is 114 cm³/mol. The average Bonchev–Trinajstić information content (AvgIpc) is 2.56. The van der Waals surface area contributed by atoms with E-state index >= 15 is 0 Å². The molecule has 0 bridgehead atoms. The van der Waals surface area contributed by atoms with Gasteiger partial charge in [0.2, 0.25) is 0 Å². The smallest absolute Gasteiger partial charge is 0.194 e. The Morgan fingerprint density at radius 1 is 1.33 bits per heavy atom. The lowest BCUT2D eigenvalue weighted by Crippen LogP contribution is -2.53. The monoisotopic (exact) mass is 460 g/mol. The van der Waals surface area contributed by atoms with Crippen molar-refractivity contribution >= 4 is 41.7 Å². The van der Waals surface area contributed by atoms with Gasteiger partial charge in [-0.2, -0.15) is 11.8 Å². The van der Waals surface area contributed by atoms with Gasteiger partial charge in [0.05, 0.1) is 12.2 Å². The third kappa shape index (κ3) is 5.00. The summed E-state index contributed by atoms with van der Waals surface area (Å²) < 4.78 is 0.468. The standard InChI is InChI=1S/C18H28N4S.HI/c1-15-7-6-8-16(21-15)13-20-17(19-2)22-11-12-23-18(14-22)9-4-3-5-10-18;/h6-8H,3-5,9-14H2,1-2H3,(H,19,20);1H. The van der Waals surface area contributed by atoms with Crippen LogP contribution in [0.25, 0.3) is 0 Å². The summed E-state index contributed by atoms with van der Waals surface area (Å²) in [5.41, 5.74) is 2.14. The Morgan fingerprint density at radius 3 is 2.83 bits per heavy atom. The van der Waals surface area contributed by atoms with E-state index in [4.69, 9.17) is 0 Å². The highest BCUT2D eigenvalue weighted by Crippen LogP contribution is 2.42. The van der Waals surface area contributed by atoms with Crippen LogP contribution in [0.3, 0.4) is 0 Å². The van der Waals surface area contributed by atoms with E-state index in [-0.39, 0.29) is 24.0 Å². The lowest BCUT2D eigenvalue weighted by molar-refractivity contribution is 0.293. The van der Waals surface area contributed by atoms with E-state index in [2.05, 4.69) is 44.1 Å². The van der Waals surface area contributed by atoms with E-state index in [1.807, 2.05) is 20.0 Å². The van der Waals surface area contributed by atoms with Gasteiger partial charge in [-0.05, 0) is 31.9 Å². The van der Waals surface area contributed by atoms with Crippen LogP contribution in [0.15, 0.2) is 23.2 Å². The van der Waals surface area contributed by atoms with Gasteiger partial charge in [0, 0.05) is 36.3 Å². The second-order valence-electron chi connectivity index (χ2n) is 6.68. The van der Waals surface area contributed by atoms with Gasteiger partial charge in [-0.15, -0.1) is 24.0 Å². The topological polar surface area (TPSA) is 40.5 Å². The van der Waals surface area contributed by atoms with Crippen molar-refractivity contribution in [1.29, 1.82) is 0 Å². The van der Waals surface area contributed by atoms with Crippen molar-refractivity contribution in [2.45, 2.75) is 50.3 Å². The van der Waals surface area contributed by atoms with E-state index in [9.17, 15) is 0 Å². The minimum Gasteiger partial charge on any atom is -0.351 e. The highest BCUT2D eigenvalue weighted by atomic mass is 127. The van der Waals surface area contributed by atoms with Gasteiger partial charge >= 0.3 is 0 Å². The molecule has 2 aliphatic rings. The molecule has 1 saturated carbocycles. The van der Waals surface area contributed by atoms with Crippen molar-refractivity contribution in [3.8, 4) is 0 Å². The molecular weight excluding hydrogens is 431 g/mol. The van der Waals surface area contributed by atoms with Crippen LogP contribution in [0.4, 0.5) is 0 Å². The molecule has 0 amide bonds. The molecule has 2 heterocycles. The van der Waals surface area contributed by atoms with Crippen LogP contribution in [0.1, 0.15) is 43.5 Å². The minimum atomic E-state index is 0. The first-order valence-electron chi connectivity index (χ1n) is 8.73. The van der Waals surface area contributed by atoms with Crippen molar-refractivity contribution in [1.82, 2.24) is 15.2 Å². The van der Waals surface area contributed by atoms with Crippen LogP contribution in [0.5, 0.6) is 0 Å². The number of thioether (sulfide) groups is 1. The van der Waals surface area contributed by atoms with Crippen LogP contribution < -0.4 is 5.32 Å². The number of guanidine groups is 1. The minimum absolute atomic E-state index is 0. The first kappa shape index (κ1) is 19.8. The fourth-order valence-electron chi connectivity index (χ4n) is 3.72. The SMILES string of the molecule is CN=C(NCc1cccc(C)n1)N1CCSC2(CCCCC2)C1.I. The maximum absolute atomic E-state index is 4.57. The highest BCUT2D eigenvalue weighted by molar-refractivity contribution is 14.0. The molecule has 1 aromatic rings. The summed E-state index contributed by atoms with van der Waals surface area (Å²) in [5, 5.41) is 3.51. The fraction of sp³-hybridized carbons (Fsp3) is 0.667. The van der Waals surface area contributed by atoms with E-state index < -0.39 is 0 Å². The highest BCUT2D eigenvalue weighted by Gasteiger charge is 2.38. The van der Waals surface area contributed by atoms with Gasteiger partial charge < -0.3 is 10.2 Å². The summed E-state index contributed by atoms with van der Waals surface area (Å²) in [4.78, 5) is 11.5. The molecule has 1 spiro atoms. The molecule has 1 N–H and O–H groups in total. The number of pyridine rings is 1. The Labute approximate surface area is 167 Å². The maximum atomic E-state index is 4.57. The van der Waals surface area contributed by atoms with Crippen molar-refractivity contribution in [3.63, 3.8) is 0 Å². The van der Waals surface area contributed by atoms with E-state index in [0.717, 1.165) is 37.0 Å². The number of hydrogen-bond donors (Lipinski definition) is 1. The molecular formula is C18H29IN4S. The zero-order valence-corrected chi connectivity index (χ0v) is 17.9. The second kappa shape index (κ2) is 9.27. The van der Waals surface area contributed by atoms with Crippen molar-refractivity contribution in [2.24, 2.45) is 4.99 Å². The molecule has 134 valence electrons. The number of aliphatic imine (C=N–C) groups is 1. The molecule has 3 rings (SSSR count). The number of rotatable bonds is 2. The summed E-state index contributed by atoms with van der Waals surface area (Å²) in [6.45, 7) is 5.00. The number of aromatic nitrogens is 1. The third-order valence-electron chi connectivity index (χ3n) is 4.90. The Balaban J connectivity index is 0.00000208. The average molecular weight is 460 g/mol. The van der Waals surface area contributed by atoms with Crippen molar-refractivity contribution in [3.05, 3.63) is 29.6 Å². The van der Waals surface area contributed by atoms with E-state index in [1.54, 1.807) is 0 Å². The molecule has 24 heavy (non-hydrogen) atoms. The quantitative estimate of drug-likeness (QED) is 0.414. The summed E-state index contributed by atoms with van der Waals surface area (Å²) >= 11 is 2.20. The third-order valence-corrected chi connectivity index (χ3v) is 6.43. The molecule has 4 nitrogen and oxygen atoms in total. The molecule has 0 aromatic carbocycles. The van der Waals surface area contributed by atoms with Crippen LogP contribution in [-0.2, 0) is 6.54 Å². The molecule has 2 fully saturated rings. The maximum Gasteiger partial charge on any atom is 0.194 e. The fourth-order valence-corrected chi connectivity index (χ4v) is 5.29. The molecule has 0 radical (unpaired) electrons. The van der Waals surface area contributed by atoms with Gasteiger partial charge in [0.25, 0.3) is 0 Å². The predicted octanol–water partition coefficient (Wildman–Crippen LogP) is 3.84. The van der Waals surface area contributed by atoms with Crippen LogP contribution in [-0.4, -0.2) is 46.5 Å². The normalized spacial score (nSPS) is 20.6.